The number of nitrogens with two attached hydrogens (primary N) is 1. The van der Waals surface area contributed by atoms with Crippen LogP contribution >= 0.6 is 0 Å². The van der Waals surface area contributed by atoms with Crippen LogP contribution in [0.4, 0.5) is 26.3 Å². The van der Waals surface area contributed by atoms with Crippen molar-refractivity contribution in [1.82, 2.24) is 4.98 Å². The molecule has 0 saturated heterocycles. The van der Waals surface area contributed by atoms with Gasteiger partial charge in [0.05, 0.1) is 20.9 Å². The van der Waals surface area contributed by atoms with Gasteiger partial charge in [0.1, 0.15) is 11.8 Å². The molecule has 0 aliphatic rings. The number of nitrogens with one attached hydrogen (secondary N) is 1. The normalized spacial score (nSPS) is 13.4. The lowest BCUT2D eigenvalue weighted by Gasteiger charge is -2.21. The summed E-state index contributed by atoms with van der Waals surface area (Å²) in [6.07, 6.45) is -9.66. The first kappa shape index (κ1) is 27.0. The van der Waals surface area contributed by atoms with E-state index < -0.39 is 62.4 Å². The highest BCUT2D eigenvalue weighted by Crippen LogP contribution is 2.47. The van der Waals surface area contributed by atoms with E-state index in [2.05, 4.69) is 4.98 Å². The molecule has 0 fully saturated rings. The fourth-order valence-corrected chi connectivity index (χ4v) is 5.15. The minimum Gasteiger partial charge on any atom is -0.480 e. The van der Waals surface area contributed by atoms with Gasteiger partial charge in [-0.05, 0) is 48.0 Å². The number of carboxylic acid groups (broad SMARTS) is 1. The Labute approximate surface area is 210 Å². The van der Waals surface area contributed by atoms with Crippen LogP contribution in [-0.2, 0) is 27.0 Å². The molecule has 0 unspecified atom stereocenters. The lowest BCUT2D eigenvalue weighted by Crippen LogP contribution is -2.23. The Balaban J connectivity index is 1.89. The number of rotatable bonds is 6. The zero-order valence-electron chi connectivity index (χ0n) is 18.8. The maximum Gasteiger partial charge on any atom is 0.420 e. The van der Waals surface area contributed by atoms with Gasteiger partial charge < -0.3 is 20.6 Å². The van der Waals surface area contributed by atoms with Crippen LogP contribution in [0.3, 0.4) is 0 Å². The molecule has 4 N–H and O–H groups in total. The first-order valence-corrected chi connectivity index (χ1v) is 12.0. The Hall–Kier alpha value is -4.04. The molecule has 38 heavy (non-hydrogen) atoms. The van der Waals surface area contributed by atoms with Gasteiger partial charge in [-0.2, -0.15) is 26.3 Å². The number of hydrogen-bond acceptors (Lipinski definition) is 5. The fourth-order valence-electron chi connectivity index (χ4n) is 3.71. The van der Waals surface area contributed by atoms with Crippen LogP contribution in [0.15, 0.2) is 76.7 Å². The molecule has 200 valence electrons. The van der Waals surface area contributed by atoms with Crippen LogP contribution in [0.2, 0.25) is 0 Å². The van der Waals surface area contributed by atoms with E-state index in [0.717, 1.165) is 18.3 Å². The van der Waals surface area contributed by atoms with Gasteiger partial charge in [0, 0.05) is 17.1 Å². The van der Waals surface area contributed by atoms with Gasteiger partial charge in [-0.1, -0.05) is 18.2 Å². The molecule has 1 aromatic heterocycles. The summed E-state index contributed by atoms with van der Waals surface area (Å²) in [5.41, 5.74) is 0.743. The molecule has 0 aliphatic carbocycles. The number of benzene rings is 3. The topological polar surface area (TPSA) is 122 Å². The van der Waals surface area contributed by atoms with E-state index in [1.807, 2.05) is 0 Å². The van der Waals surface area contributed by atoms with E-state index in [4.69, 9.17) is 15.6 Å². The zero-order chi connectivity index (χ0) is 28.0. The van der Waals surface area contributed by atoms with Crippen molar-refractivity contribution in [1.29, 1.82) is 0 Å². The summed E-state index contributed by atoms with van der Waals surface area (Å²) in [7, 11) is -4.11. The third-order valence-electron chi connectivity index (χ3n) is 5.53. The van der Waals surface area contributed by atoms with Crippen molar-refractivity contribution in [3.8, 4) is 11.5 Å². The average Bonchev–Trinajstić information content (AvgIpc) is 3.27. The van der Waals surface area contributed by atoms with Crippen LogP contribution in [0.5, 0.6) is 11.5 Å². The molecule has 4 aromatic rings. The zero-order valence-corrected chi connectivity index (χ0v) is 19.6. The summed E-state index contributed by atoms with van der Waals surface area (Å²) in [4.78, 5) is 13.5. The lowest BCUT2D eigenvalue weighted by atomic mass is 9.98. The second-order valence-corrected chi connectivity index (χ2v) is 9.95. The quantitative estimate of drug-likeness (QED) is 0.253. The standard InChI is InChI=1S/C24H16F6N2O5S/c25-23(26,27)16-8-12(20(31)22(33)34)9-17(24(28,29)30)21(16)37-13-6-7-18-15(10-13)19(11-32-18)38(35,36)14-4-2-1-3-5-14/h1-11,20,32H,31H2,(H,33,34)/t20-/m0/s1. The summed E-state index contributed by atoms with van der Waals surface area (Å²) < 4.78 is 114. The van der Waals surface area contributed by atoms with E-state index >= 15 is 0 Å². The van der Waals surface area contributed by atoms with Crippen molar-refractivity contribution in [2.75, 3.05) is 0 Å². The van der Waals surface area contributed by atoms with Crippen molar-refractivity contribution in [2.45, 2.75) is 28.2 Å². The highest BCUT2D eigenvalue weighted by atomic mass is 32.2. The van der Waals surface area contributed by atoms with Crippen LogP contribution in [0.1, 0.15) is 22.7 Å². The first-order valence-electron chi connectivity index (χ1n) is 10.5. The maximum absolute atomic E-state index is 13.9. The third kappa shape index (κ3) is 5.04. The number of aromatic amines is 1. The van der Waals surface area contributed by atoms with Crippen LogP contribution in [0, 0.1) is 0 Å². The Morgan fingerprint density at radius 3 is 2.03 bits per heavy atom. The predicted octanol–water partition coefficient (Wildman–Crippen LogP) is 5.92. The molecular formula is C24H16F6N2O5S. The molecule has 3 aromatic carbocycles. The second kappa shape index (κ2) is 9.36. The molecule has 0 radical (unpaired) electrons. The summed E-state index contributed by atoms with van der Waals surface area (Å²) in [5, 5.41) is 8.97. The van der Waals surface area contributed by atoms with E-state index in [9.17, 15) is 39.6 Å². The van der Waals surface area contributed by atoms with Crippen molar-refractivity contribution < 1.29 is 49.4 Å². The number of aliphatic carboxylic acids is 1. The minimum atomic E-state index is -5.40. The molecule has 7 nitrogen and oxygen atoms in total. The maximum atomic E-state index is 13.9. The van der Waals surface area contributed by atoms with Gasteiger partial charge in [0.2, 0.25) is 9.84 Å². The smallest absolute Gasteiger partial charge is 0.420 e. The van der Waals surface area contributed by atoms with Crippen LogP contribution in [0.25, 0.3) is 10.9 Å². The lowest BCUT2D eigenvalue weighted by molar-refractivity contribution is -0.146. The highest BCUT2D eigenvalue weighted by Gasteiger charge is 2.43. The van der Waals surface area contributed by atoms with Crippen molar-refractivity contribution >= 4 is 26.7 Å². The SMILES string of the molecule is N[C@H](C(=O)O)c1cc(C(F)(F)F)c(Oc2ccc3[nH]cc(S(=O)(=O)c4ccccc4)c3c2)c(C(F)(F)F)c1. The van der Waals surface area contributed by atoms with Crippen molar-refractivity contribution in [2.24, 2.45) is 5.73 Å². The summed E-state index contributed by atoms with van der Waals surface area (Å²) in [6, 6.07) is 8.62. The van der Waals surface area contributed by atoms with Crippen LogP contribution in [-0.4, -0.2) is 24.5 Å². The Morgan fingerprint density at radius 1 is 0.921 bits per heavy atom. The third-order valence-corrected chi connectivity index (χ3v) is 7.33. The molecule has 1 atom stereocenters. The molecule has 1 heterocycles. The number of fused-ring (bicyclic) bond motifs is 1. The van der Waals surface area contributed by atoms with Crippen molar-refractivity contribution in [3.05, 3.63) is 83.6 Å². The second-order valence-electron chi connectivity index (χ2n) is 8.04. The molecule has 0 bridgehead atoms. The fraction of sp³-hybridized carbons (Fsp3) is 0.125. The first-order chi connectivity index (χ1) is 17.6. The summed E-state index contributed by atoms with van der Waals surface area (Å²) in [6.45, 7) is 0. The van der Waals surface area contributed by atoms with E-state index in [0.29, 0.717) is 0 Å². The number of sulfone groups is 1. The van der Waals surface area contributed by atoms with Gasteiger partial charge in [-0.25, -0.2) is 8.42 Å². The minimum absolute atomic E-state index is 0.0435. The Bertz CT molecular complexity index is 1590. The number of hydrogen-bond donors (Lipinski definition) is 3. The molecule has 0 spiro atoms. The molecule has 0 saturated carbocycles. The number of carboxylic acids is 1. The number of halogens is 6. The summed E-state index contributed by atoms with van der Waals surface area (Å²) >= 11 is 0. The number of aromatic nitrogens is 1. The van der Waals surface area contributed by atoms with Gasteiger partial charge in [0.15, 0.2) is 5.75 Å². The molecule has 0 amide bonds. The molecule has 14 heteroatoms. The summed E-state index contributed by atoms with van der Waals surface area (Å²) in [5.74, 6) is -4.02. The molecular weight excluding hydrogens is 542 g/mol. The highest BCUT2D eigenvalue weighted by molar-refractivity contribution is 7.91. The Morgan fingerprint density at radius 2 is 1.50 bits per heavy atom. The van der Waals surface area contributed by atoms with E-state index in [1.165, 1.54) is 30.3 Å². The number of alkyl halides is 6. The predicted molar refractivity (Wildman–Crippen MR) is 121 cm³/mol. The largest absolute Gasteiger partial charge is 0.480 e. The van der Waals surface area contributed by atoms with Gasteiger partial charge >= 0.3 is 18.3 Å². The van der Waals surface area contributed by atoms with E-state index in [1.54, 1.807) is 6.07 Å². The van der Waals surface area contributed by atoms with Crippen molar-refractivity contribution in [3.63, 3.8) is 0 Å². The molecule has 0 aliphatic heterocycles. The van der Waals surface area contributed by atoms with Crippen LogP contribution < -0.4 is 10.5 Å². The number of ether oxygens (including phenoxy) is 1. The van der Waals surface area contributed by atoms with Gasteiger partial charge in [-0.3, -0.25) is 4.79 Å². The van der Waals surface area contributed by atoms with Gasteiger partial charge in [0.25, 0.3) is 0 Å². The monoisotopic (exact) mass is 558 g/mol. The number of carbonyl (C=O) groups is 1. The Kier molecular flexibility index (Phi) is 6.66. The average molecular weight is 558 g/mol. The van der Waals surface area contributed by atoms with Gasteiger partial charge in [-0.15, -0.1) is 0 Å². The number of H-pyrrole nitrogens is 1. The molecule has 4 rings (SSSR count). The van der Waals surface area contributed by atoms with E-state index in [-0.39, 0.29) is 32.8 Å².